The molecule has 2 aromatic rings. The summed E-state index contributed by atoms with van der Waals surface area (Å²) in [5, 5.41) is 3.58. The van der Waals surface area contributed by atoms with Crippen molar-refractivity contribution in [2.24, 2.45) is 0 Å². The molecule has 0 aliphatic heterocycles. The van der Waals surface area contributed by atoms with Crippen molar-refractivity contribution in [2.45, 2.75) is 46.1 Å². The zero-order valence-electron chi connectivity index (χ0n) is 12.9. The lowest BCUT2D eigenvalue weighted by molar-refractivity contribution is 0.444. The molecule has 108 valence electrons. The van der Waals surface area contributed by atoms with Crippen molar-refractivity contribution in [1.82, 2.24) is 5.32 Å². The van der Waals surface area contributed by atoms with E-state index in [0.717, 1.165) is 18.7 Å². The molecule has 1 aromatic heterocycles. The Balaban J connectivity index is 2.29. The standard InChI is InChI=1S/C18H25NO/c1-5-11-19-17(18-14(4)10-12-20-18)16-8-6-15(7-9-16)13(2)3/h6-10,12-13,17,19H,5,11H2,1-4H3. The van der Waals surface area contributed by atoms with Crippen molar-refractivity contribution >= 4 is 0 Å². The van der Waals surface area contributed by atoms with Crippen molar-refractivity contribution in [3.05, 3.63) is 59.0 Å². The zero-order valence-corrected chi connectivity index (χ0v) is 12.9. The highest BCUT2D eigenvalue weighted by Gasteiger charge is 2.18. The number of hydrogen-bond acceptors (Lipinski definition) is 2. The van der Waals surface area contributed by atoms with Crippen LogP contribution in [0.2, 0.25) is 0 Å². The SMILES string of the molecule is CCCNC(c1ccc(C(C)C)cc1)c1occc1C. The van der Waals surface area contributed by atoms with Gasteiger partial charge >= 0.3 is 0 Å². The molecule has 0 saturated carbocycles. The molecule has 0 aliphatic carbocycles. The van der Waals surface area contributed by atoms with Crippen LogP contribution >= 0.6 is 0 Å². The fourth-order valence-electron chi connectivity index (χ4n) is 2.40. The molecule has 1 unspecified atom stereocenters. The molecule has 2 nitrogen and oxygen atoms in total. The summed E-state index contributed by atoms with van der Waals surface area (Å²) in [6.45, 7) is 9.70. The fourth-order valence-corrected chi connectivity index (χ4v) is 2.40. The Morgan fingerprint density at radius 3 is 2.20 bits per heavy atom. The van der Waals surface area contributed by atoms with Gasteiger partial charge in [0.15, 0.2) is 0 Å². The van der Waals surface area contributed by atoms with E-state index in [1.165, 1.54) is 16.7 Å². The van der Waals surface area contributed by atoms with Gasteiger partial charge in [-0.2, -0.15) is 0 Å². The second kappa shape index (κ2) is 6.76. The lowest BCUT2D eigenvalue weighted by atomic mass is 9.97. The average Bonchev–Trinajstić information content (AvgIpc) is 2.86. The molecule has 0 radical (unpaired) electrons. The van der Waals surface area contributed by atoms with Crippen molar-refractivity contribution in [3.63, 3.8) is 0 Å². The summed E-state index contributed by atoms with van der Waals surface area (Å²) in [4.78, 5) is 0. The third-order valence-electron chi connectivity index (χ3n) is 3.70. The van der Waals surface area contributed by atoms with E-state index in [1.54, 1.807) is 6.26 Å². The van der Waals surface area contributed by atoms with Gasteiger partial charge in [0.2, 0.25) is 0 Å². The summed E-state index contributed by atoms with van der Waals surface area (Å²) in [7, 11) is 0. The van der Waals surface area contributed by atoms with Crippen LogP contribution in [0.25, 0.3) is 0 Å². The van der Waals surface area contributed by atoms with Crippen LogP contribution in [0.5, 0.6) is 0 Å². The maximum atomic E-state index is 5.69. The average molecular weight is 271 g/mol. The van der Waals surface area contributed by atoms with E-state index in [1.807, 2.05) is 6.07 Å². The molecular formula is C18H25NO. The smallest absolute Gasteiger partial charge is 0.128 e. The Morgan fingerprint density at radius 2 is 1.70 bits per heavy atom. The molecular weight excluding hydrogens is 246 g/mol. The number of rotatable bonds is 6. The molecule has 20 heavy (non-hydrogen) atoms. The first kappa shape index (κ1) is 14.9. The van der Waals surface area contributed by atoms with Crippen LogP contribution < -0.4 is 5.32 Å². The summed E-state index contributed by atoms with van der Waals surface area (Å²) >= 11 is 0. The Labute approximate surface area is 122 Å². The number of aryl methyl sites for hydroxylation is 1. The van der Waals surface area contributed by atoms with Gasteiger partial charge in [-0.15, -0.1) is 0 Å². The highest BCUT2D eigenvalue weighted by Crippen LogP contribution is 2.27. The van der Waals surface area contributed by atoms with Gasteiger partial charge < -0.3 is 9.73 Å². The van der Waals surface area contributed by atoms with Crippen LogP contribution in [-0.2, 0) is 0 Å². The summed E-state index contributed by atoms with van der Waals surface area (Å²) in [5.74, 6) is 1.59. The van der Waals surface area contributed by atoms with E-state index in [-0.39, 0.29) is 6.04 Å². The minimum absolute atomic E-state index is 0.145. The molecule has 2 heteroatoms. The van der Waals surface area contributed by atoms with E-state index < -0.39 is 0 Å². The van der Waals surface area contributed by atoms with E-state index in [0.29, 0.717) is 5.92 Å². The first-order valence-electron chi connectivity index (χ1n) is 7.50. The van der Waals surface area contributed by atoms with E-state index in [2.05, 4.69) is 57.3 Å². The second-order valence-corrected chi connectivity index (χ2v) is 5.68. The van der Waals surface area contributed by atoms with Gasteiger partial charge in [0.05, 0.1) is 12.3 Å². The maximum Gasteiger partial charge on any atom is 0.128 e. The van der Waals surface area contributed by atoms with Gasteiger partial charge in [-0.1, -0.05) is 45.0 Å². The number of hydrogen-bond donors (Lipinski definition) is 1. The van der Waals surface area contributed by atoms with Gasteiger partial charge in [-0.05, 0) is 48.6 Å². The molecule has 1 heterocycles. The second-order valence-electron chi connectivity index (χ2n) is 5.68. The first-order chi connectivity index (χ1) is 9.63. The first-order valence-corrected chi connectivity index (χ1v) is 7.50. The largest absolute Gasteiger partial charge is 0.467 e. The van der Waals surface area contributed by atoms with Crippen molar-refractivity contribution in [3.8, 4) is 0 Å². The zero-order chi connectivity index (χ0) is 14.5. The van der Waals surface area contributed by atoms with E-state index >= 15 is 0 Å². The molecule has 1 N–H and O–H groups in total. The van der Waals surface area contributed by atoms with Gasteiger partial charge in [0.1, 0.15) is 5.76 Å². The van der Waals surface area contributed by atoms with E-state index in [4.69, 9.17) is 4.42 Å². The molecule has 0 aliphatic rings. The number of furan rings is 1. The van der Waals surface area contributed by atoms with Crippen molar-refractivity contribution < 1.29 is 4.42 Å². The Hall–Kier alpha value is -1.54. The molecule has 0 amide bonds. The third kappa shape index (κ3) is 3.31. The quantitative estimate of drug-likeness (QED) is 0.816. The van der Waals surface area contributed by atoms with Crippen molar-refractivity contribution in [2.75, 3.05) is 6.54 Å². The highest BCUT2D eigenvalue weighted by atomic mass is 16.3. The molecule has 0 spiro atoms. The maximum absolute atomic E-state index is 5.69. The monoisotopic (exact) mass is 271 g/mol. The normalized spacial score (nSPS) is 12.8. The molecule has 2 rings (SSSR count). The van der Waals surface area contributed by atoms with Crippen LogP contribution in [0.1, 0.15) is 61.6 Å². The molecule has 1 aromatic carbocycles. The number of benzene rings is 1. The van der Waals surface area contributed by atoms with Crippen LogP contribution in [0, 0.1) is 6.92 Å². The van der Waals surface area contributed by atoms with Crippen LogP contribution in [0.3, 0.4) is 0 Å². The van der Waals surface area contributed by atoms with E-state index in [9.17, 15) is 0 Å². The van der Waals surface area contributed by atoms with Crippen molar-refractivity contribution in [1.29, 1.82) is 0 Å². The summed E-state index contributed by atoms with van der Waals surface area (Å²) in [6, 6.07) is 11.0. The van der Waals surface area contributed by atoms with Gasteiger partial charge in [0.25, 0.3) is 0 Å². The molecule has 0 bridgehead atoms. The number of nitrogens with one attached hydrogen (secondary N) is 1. The highest BCUT2D eigenvalue weighted by molar-refractivity contribution is 5.33. The fraction of sp³-hybridized carbons (Fsp3) is 0.444. The Kier molecular flexibility index (Phi) is 5.02. The Morgan fingerprint density at radius 1 is 1.05 bits per heavy atom. The predicted octanol–water partition coefficient (Wildman–Crippen LogP) is 4.80. The Bertz CT molecular complexity index is 525. The summed E-state index contributed by atoms with van der Waals surface area (Å²) in [6.07, 6.45) is 2.88. The van der Waals surface area contributed by atoms with Gasteiger partial charge in [0, 0.05) is 0 Å². The van der Waals surface area contributed by atoms with Crippen LogP contribution in [0.15, 0.2) is 41.0 Å². The molecule has 0 saturated heterocycles. The minimum Gasteiger partial charge on any atom is -0.467 e. The minimum atomic E-state index is 0.145. The van der Waals surface area contributed by atoms with Crippen LogP contribution in [0.4, 0.5) is 0 Å². The molecule has 1 atom stereocenters. The topological polar surface area (TPSA) is 25.2 Å². The summed E-state index contributed by atoms with van der Waals surface area (Å²) < 4.78 is 5.69. The van der Waals surface area contributed by atoms with Crippen LogP contribution in [-0.4, -0.2) is 6.54 Å². The third-order valence-corrected chi connectivity index (χ3v) is 3.70. The van der Waals surface area contributed by atoms with Gasteiger partial charge in [-0.25, -0.2) is 0 Å². The molecule has 0 fully saturated rings. The predicted molar refractivity (Wildman–Crippen MR) is 84.1 cm³/mol. The lowest BCUT2D eigenvalue weighted by Gasteiger charge is -2.18. The summed E-state index contributed by atoms with van der Waals surface area (Å²) in [5.41, 5.74) is 3.84. The van der Waals surface area contributed by atoms with Gasteiger partial charge in [-0.3, -0.25) is 0 Å². The lowest BCUT2D eigenvalue weighted by Crippen LogP contribution is -2.23.